The zero-order chi connectivity index (χ0) is 8.39. The Kier molecular flexibility index (Phi) is 1.55. The van der Waals surface area contributed by atoms with Crippen LogP contribution in [0.1, 0.15) is 0 Å². The lowest BCUT2D eigenvalue weighted by Crippen LogP contribution is -1.92. The van der Waals surface area contributed by atoms with Gasteiger partial charge in [0.15, 0.2) is 11.6 Å². The van der Waals surface area contributed by atoms with E-state index < -0.39 is 5.95 Å². The first kappa shape index (κ1) is 6.90. The lowest BCUT2D eigenvalue weighted by atomic mass is 10.5. The molecule has 0 aromatic carbocycles. The molecule has 0 saturated carbocycles. The molecule has 0 unspecified atom stereocenters. The van der Waals surface area contributed by atoms with Crippen LogP contribution >= 0.6 is 0 Å². The van der Waals surface area contributed by atoms with Crippen LogP contribution in [-0.4, -0.2) is 19.9 Å². The Bertz CT molecular complexity index is 371. The van der Waals surface area contributed by atoms with Crippen LogP contribution in [0.25, 0.3) is 11.6 Å². The molecule has 2 aromatic heterocycles. The van der Waals surface area contributed by atoms with Crippen molar-refractivity contribution in [1.82, 2.24) is 19.9 Å². The first-order chi connectivity index (χ1) is 5.86. The predicted molar refractivity (Wildman–Crippen MR) is 39.6 cm³/mol. The van der Waals surface area contributed by atoms with Gasteiger partial charge in [0.25, 0.3) is 0 Å². The summed E-state index contributed by atoms with van der Waals surface area (Å²) in [6.07, 6.45) is 4.54. The second-order valence-corrected chi connectivity index (χ2v) is 2.14. The summed E-state index contributed by atoms with van der Waals surface area (Å²) in [6.45, 7) is 0. The van der Waals surface area contributed by atoms with E-state index in [1.165, 1.54) is 12.3 Å². The van der Waals surface area contributed by atoms with Gasteiger partial charge in [-0.15, -0.1) is 0 Å². The molecule has 2 heterocycles. The van der Waals surface area contributed by atoms with Gasteiger partial charge in [0.05, 0.1) is 0 Å². The molecule has 0 aliphatic carbocycles. The molecular weight excluding hydrogens is 159 g/mol. The average Bonchev–Trinajstić information content (AvgIpc) is 2.56. The maximum atomic E-state index is 12.6. The normalized spacial score (nSPS) is 10.1. The Labute approximate surface area is 67.5 Å². The van der Waals surface area contributed by atoms with Gasteiger partial charge in [0, 0.05) is 24.7 Å². The van der Waals surface area contributed by atoms with Crippen molar-refractivity contribution < 1.29 is 4.39 Å². The summed E-state index contributed by atoms with van der Waals surface area (Å²) in [6, 6.07) is 1.19. The van der Waals surface area contributed by atoms with Crippen LogP contribution in [0.2, 0.25) is 0 Å². The van der Waals surface area contributed by atoms with Gasteiger partial charge in [-0.2, -0.15) is 9.37 Å². The van der Waals surface area contributed by atoms with E-state index in [4.69, 9.17) is 0 Å². The smallest absolute Gasteiger partial charge is 0.216 e. The van der Waals surface area contributed by atoms with E-state index in [9.17, 15) is 4.39 Å². The number of imidazole rings is 1. The van der Waals surface area contributed by atoms with Crippen molar-refractivity contribution in [2.45, 2.75) is 0 Å². The lowest BCUT2D eigenvalue weighted by Gasteiger charge is -1.92. The Balaban J connectivity index is 2.48. The molecule has 0 atom stereocenters. The fraction of sp³-hybridized carbons (Fsp3) is 0. The first-order valence-corrected chi connectivity index (χ1v) is 3.34. The van der Waals surface area contributed by atoms with Crippen LogP contribution in [-0.2, 0) is 0 Å². The number of hydrogen-bond acceptors (Lipinski definition) is 3. The minimum absolute atomic E-state index is 0.264. The fourth-order valence-electron chi connectivity index (χ4n) is 0.838. The highest BCUT2D eigenvalue weighted by Gasteiger charge is 2.02. The molecule has 0 amide bonds. The zero-order valence-corrected chi connectivity index (χ0v) is 6.03. The van der Waals surface area contributed by atoms with Crippen molar-refractivity contribution in [3.63, 3.8) is 0 Å². The van der Waals surface area contributed by atoms with Gasteiger partial charge in [-0.05, 0) is 0 Å². The number of aromatic amines is 1. The summed E-state index contributed by atoms with van der Waals surface area (Å²) in [5.74, 6) is 0.172. The van der Waals surface area contributed by atoms with Crippen LogP contribution in [0.3, 0.4) is 0 Å². The summed E-state index contributed by atoms with van der Waals surface area (Å²) in [7, 11) is 0. The molecule has 1 N–H and O–H groups in total. The second kappa shape index (κ2) is 2.69. The largest absolute Gasteiger partial charge is 0.342 e. The molecular formula is C7H5FN4. The molecule has 2 rings (SSSR count). The SMILES string of the molecule is Fc1ccnc(-c2ncc[nH]2)n1. The standard InChI is InChI=1S/C7H5FN4/c8-5-1-2-9-7(12-5)6-10-3-4-11-6/h1-4H,(H,10,11). The van der Waals surface area contributed by atoms with Crippen LogP contribution in [0.5, 0.6) is 0 Å². The molecule has 60 valence electrons. The maximum absolute atomic E-state index is 12.6. The summed E-state index contributed by atoms with van der Waals surface area (Å²) < 4.78 is 12.6. The molecule has 5 heteroatoms. The van der Waals surface area contributed by atoms with Crippen LogP contribution in [0.4, 0.5) is 4.39 Å². The van der Waals surface area contributed by atoms with Crippen molar-refractivity contribution in [3.05, 3.63) is 30.6 Å². The number of halogens is 1. The van der Waals surface area contributed by atoms with E-state index >= 15 is 0 Å². The number of hydrogen-bond donors (Lipinski definition) is 1. The molecule has 0 spiro atoms. The third-order valence-corrected chi connectivity index (χ3v) is 1.33. The maximum Gasteiger partial charge on any atom is 0.216 e. The molecule has 0 fully saturated rings. The van der Waals surface area contributed by atoms with Gasteiger partial charge >= 0.3 is 0 Å². The summed E-state index contributed by atoms with van der Waals surface area (Å²) in [4.78, 5) is 14.0. The predicted octanol–water partition coefficient (Wildman–Crippen LogP) is 1.01. The number of aromatic nitrogens is 4. The molecule has 2 aromatic rings. The zero-order valence-electron chi connectivity index (χ0n) is 6.03. The molecule has 0 radical (unpaired) electrons. The van der Waals surface area contributed by atoms with E-state index in [1.807, 2.05) is 0 Å². The van der Waals surface area contributed by atoms with Crippen molar-refractivity contribution in [2.24, 2.45) is 0 Å². The van der Waals surface area contributed by atoms with Crippen LogP contribution in [0.15, 0.2) is 24.7 Å². The average molecular weight is 164 g/mol. The van der Waals surface area contributed by atoms with E-state index in [2.05, 4.69) is 19.9 Å². The molecule has 4 nitrogen and oxygen atoms in total. The number of H-pyrrole nitrogens is 1. The van der Waals surface area contributed by atoms with Crippen molar-refractivity contribution in [1.29, 1.82) is 0 Å². The minimum atomic E-state index is -0.559. The Morgan fingerprint density at radius 3 is 2.83 bits per heavy atom. The number of nitrogens with zero attached hydrogens (tertiary/aromatic N) is 3. The van der Waals surface area contributed by atoms with E-state index in [0.717, 1.165) is 0 Å². The second-order valence-electron chi connectivity index (χ2n) is 2.14. The van der Waals surface area contributed by atoms with Gasteiger partial charge in [0.1, 0.15) is 0 Å². The molecule has 0 aliphatic heterocycles. The summed E-state index contributed by atoms with van der Waals surface area (Å²) in [5.41, 5.74) is 0. The molecule has 12 heavy (non-hydrogen) atoms. The topological polar surface area (TPSA) is 54.5 Å². The van der Waals surface area contributed by atoms with E-state index in [-0.39, 0.29) is 5.82 Å². The first-order valence-electron chi connectivity index (χ1n) is 3.34. The number of rotatable bonds is 1. The van der Waals surface area contributed by atoms with Crippen molar-refractivity contribution in [3.8, 4) is 11.6 Å². The minimum Gasteiger partial charge on any atom is -0.342 e. The van der Waals surface area contributed by atoms with E-state index in [1.54, 1.807) is 12.4 Å². The van der Waals surface area contributed by atoms with Gasteiger partial charge in [-0.25, -0.2) is 9.97 Å². The van der Waals surface area contributed by atoms with Gasteiger partial charge in [-0.3, -0.25) is 0 Å². The van der Waals surface area contributed by atoms with Gasteiger partial charge < -0.3 is 4.98 Å². The van der Waals surface area contributed by atoms with Gasteiger partial charge in [0.2, 0.25) is 5.95 Å². The highest BCUT2D eigenvalue weighted by molar-refractivity contribution is 5.41. The fourth-order valence-corrected chi connectivity index (χ4v) is 0.838. The van der Waals surface area contributed by atoms with Crippen molar-refractivity contribution >= 4 is 0 Å². The van der Waals surface area contributed by atoms with Crippen LogP contribution < -0.4 is 0 Å². The Morgan fingerprint density at radius 2 is 2.17 bits per heavy atom. The highest BCUT2D eigenvalue weighted by atomic mass is 19.1. The quantitative estimate of drug-likeness (QED) is 0.640. The summed E-state index contributed by atoms with van der Waals surface area (Å²) in [5, 5.41) is 0. The number of nitrogens with one attached hydrogen (secondary N) is 1. The molecule has 0 bridgehead atoms. The van der Waals surface area contributed by atoms with Gasteiger partial charge in [-0.1, -0.05) is 0 Å². The third-order valence-electron chi connectivity index (χ3n) is 1.33. The lowest BCUT2D eigenvalue weighted by molar-refractivity contribution is 0.581. The molecule has 0 saturated heterocycles. The monoisotopic (exact) mass is 164 g/mol. The Hall–Kier alpha value is -1.78. The Morgan fingerprint density at radius 1 is 1.25 bits per heavy atom. The van der Waals surface area contributed by atoms with Crippen molar-refractivity contribution in [2.75, 3.05) is 0 Å². The highest BCUT2D eigenvalue weighted by Crippen LogP contribution is 2.06. The van der Waals surface area contributed by atoms with E-state index in [0.29, 0.717) is 5.82 Å². The third kappa shape index (κ3) is 1.16. The van der Waals surface area contributed by atoms with Crippen LogP contribution in [0, 0.1) is 5.95 Å². The molecule has 0 aliphatic rings. The summed E-state index contributed by atoms with van der Waals surface area (Å²) >= 11 is 0.